The number of nitro groups is 1. The average Bonchev–Trinajstić information content (AvgIpc) is 2.92. The van der Waals surface area contributed by atoms with Gasteiger partial charge in [0.25, 0.3) is 5.91 Å². The number of rotatable bonds is 4. The summed E-state index contributed by atoms with van der Waals surface area (Å²) in [5.41, 5.74) is 1.13. The van der Waals surface area contributed by atoms with Gasteiger partial charge in [0.2, 0.25) is 5.69 Å². The van der Waals surface area contributed by atoms with Crippen molar-refractivity contribution in [3.63, 3.8) is 0 Å². The highest BCUT2D eigenvalue weighted by atomic mass is 16.6. The molecule has 2 aromatic heterocycles. The molecular formula is C12H16N6O3. The van der Waals surface area contributed by atoms with Gasteiger partial charge in [-0.15, -0.1) is 0 Å². The van der Waals surface area contributed by atoms with E-state index in [1.165, 1.54) is 17.9 Å². The van der Waals surface area contributed by atoms with Crippen molar-refractivity contribution < 1.29 is 9.72 Å². The third kappa shape index (κ3) is 2.91. The Labute approximate surface area is 120 Å². The number of nitrogens with zero attached hydrogens (tertiary/aromatic N) is 5. The van der Waals surface area contributed by atoms with E-state index in [2.05, 4.69) is 15.5 Å². The Morgan fingerprint density at radius 1 is 1.33 bits per heavy atom. The zero-order valence-electron chi connectivity index (χ0n) is 12.2. The van der Waals surface area contributed by atoms with Crippen molar-refractivity contribution in [1.29, 1.82) is 0 Å². The van der Waals surface area contributed by atoms with E-state index >= 15 is 0 Å². The van der Waals surface area contributed by atoms with Crippen LogP contribution in [0.1, 0.15) is 34.7 Å². The second kappa shape index (κ2) is 5.35. The van der Waals surface area contributed by atoms with E-state index in [4.69, 9.17) is 0 Å². The SMILES string of the molecule is Cc1nn(C)cc1[C@H](C)NC(=O)c1nn(C)cc1[N+](=O)[O-]. The third-order valence-electron chi connectivity index (χ3n) is 3.09. The van der Waals surface area contributed by atoms with Crippen LogP contribution in [0.25, 0.3) is 0 Å². The van der Waals surface area contributed by atoms with E-state index in [0.717, 1.165) is 11.3 Å². The monoisotopic (exact) mass is 292 g/mol. The quantitative estimate of drug-likeness (QED) is 0.664. The van der Waals surface area contributed by atoms with Crippen molar-refractivity contribution in [2.75, 3.05) is 0 Å². The molecule has 9 heteroatoms. The molecule has 0 aliphatic rings. The summed E-state index contributed by atoms with van der Waals surface area (Å²) in [7, 11) is 3.31. The van der Waals surface area contributed by atoms with E-state index in [1.807, 2.05) is 6.92 Å². The van der Waals surface area contributed by atoms with Gasteiger partial charge in [0.05, 0.1) is 16.7 Å². The smallest absolute Gasteiger partial charge is 0.320 e. The first-order valence-electron chi connectivity index (χ1n) is 6.28. The zero-order valence-corrected chi connectivity index (χ0v) is 12.2. The number of aromatic nitrogens is 4. The molecule has 0 unspecified atom stereocenters. The molecule has 0 saturated carbocycles. The molecule has 1 amide bonds. The van der Waals surface area contributed by atoms with Crippen molar-refractivity contribution in [3.05, 3.63) is 39.5 Å². The Hall–Kier alpha value is -2.71. The van der Waals surface area contributed by atoms with E-state index < -0.39 is 10.8 Å². The number of aryl methyl sites for hydroxylation is 3. The van der Waals surface area contributed by atoms with E-state index in [0.29, 0.717) is 0 Å². The van der Waals surface area contributed by atoms with E-state index in [-0.39, 0.29) is 17.4 Å². The molecular weight excluding hydrogens is 276 g/mol. The molecule has 2 heterocycles. The van der Waals surface area contributed by atoms with Gasteiger partial charge in [-0.1, -0.05) is 0 Å². The minimum atomic E-state index is -0.623. The third-order valence-corrected chi connectivity index (χ3v) is 3.09. The second-order valence-corrected chi connectivity index (χ2v) is 4.83. The predicted molar refractivity (Wildman–Crippen MR) is 73.7 cm³/mol. The van der Waals surface area contributed by atoms with Crippen molar-refractivity contribution >= 4 is 11.6 Å². The summed E-state index contributed by atoms with van der Waals surface area (Å²) in [6.45, 7) is 3.62. The molecule has 0 aromatic carbocycles. The van der Waals surface area contributed by atoms with Crippen LogP contribution in [0.4, 0.5) is 5.69 Å². The second-order valence-electron chi connectivity index (χ2n) is 4.83. The lowest BCUT2D eigenvalue weighted by molar-refractivity contribution is -0.385. The lowest BCUT2D eigenvalue weighted by atomic mass is 10.1. The van der Waals surface area contributed by atoms with Crippen LogP contribution >= 0.6 is 0 Å². The van der Waals surface area contributed by atoms with Crippen LogP contribution in [0.5, 0.6) is 0 Å². The summed E-state index contributed by atoms with van der Waals surface area (Å²) in [6, 6.07) is -0.326. The zero-order chi connectivity index (χ0) is 15.7. The molecule has 112 valence electrons. The Kier molecular flexibility index (Phi) is 3.74. The van der Waals surface area contributed by atoms with Crippen LogP contribution in [0.15, 0.2) is 12.4 Å². The summed E-state index contributed by atoms with van der Waals surface area (Å²) < 4.78 is 2.89. The molecule has 1 atom stereocenters. The fourth-order valence-corrected chi connectivity index (χ4v) is 2.16. The number of carbonyl (C=O) groups is 1. The first-order valence-corrected chi connectivity index (χ1v) is 6.28. The molecule has 0 aliphatic heterocycles. The molecule has 0 saturated heterocycles. The van der Waals surface area contributed by atoms with Crippen LogP contribution in [0, 0.1) is 17.0 Å². The van der Waals surface area contributed by atoms with E-state index in [9.17, 15) is 14.9 Å². The Bertz CT molecular complexity index is 702. The first-order chi connectivity index (χ1) is 9.79. The topological polar surface area (TPSA) is 108 Å². The summed E-state index contributed by atoms with van der Waals surface area (Å²) in [5, 5.41) is 21.7. The van der Waals surface area contributed by atoms with Gasteiger partial charge < -0.3 is 5.32 Å². The van der Waals surface area contributed by atoms with Crippen molar-refractivity contribution in [1.82, 2.24) is 24.9 Å². The van der Waals surface area contributed by atoms with Crippen molar-refractivity contribution in [2.45, 2.75) is 19.9 Å². The van der Waals surface area contributed by atoms with Crippen LogP contribution < -0.4 is 5.32 Å². The van der Waals surface area contributed by atoms with Crippen LogP contribution in [-0.4, -0.2) is 30.4 Å². The highest BCUT2D eigenvalue weighted by Gasteiger charge is 2.26. The molecule has 21 heavy (non-hydrogen) atoms. The largest absolute Gasteiger partial charge is 0.344 e. The lowest BCUT2D eigenvalue weighted by Gasteiger charge is -2.11. The maximum atomic E-state index is 12.2. The Morgan fingerprint density at radius 3 is 2.48 bits per heavy atom. The Morgan fingerprint density at radius 2 is 1.95 bits per heavy atom. The fraction of sp³-hybridized carbons (Fsp3) is 0.417. The molecule has 0 fully saturated rings. The van der Waals surface area contributed by atoms with Crippen molar-refractivity contribution in [3.8, 4) is 0 Å². The molecule has 0 spiro atoms. The molecule has 1 N–H and O–H groups in total. The first kappa shape index (κ1) is 14.7. The minimum absolute atomic E-state index is 0.198. The van der Waals surface area contributed by atoms with Gasteiger partial charge in [-0.05, 0) is 13.8 Å². The summed E-state index contributed by atoms with van der Waals surface area (Å²) in [4.78, 5) is 22.5. The lowest BCUT2D eigenvalue weighted by Crippen LogP contribution is -2.28. The van der Waals surface area contributed by atoms with Crippen LogP contribution in [0.2, 0.25) is 0 Å². The number of amides is 1. The van der Waals surface area contributed by atoms with Crippen LogP contribution in [0.3, 0.4) is 0 Å². The number of carbonyl (C=O) groups excluding carboxylic acids is 1. The fourth-order valence-electron chi connectivity index (χ4n) is 2.16. The van der Waals surface area contributed by atoms with Gasteiger partial charge in [-0.2, -0.15) is 10.2 Å². The van der Waals surface area contributed by atoms with Gasteiger partial charge in [0, 0.05) is 25.9 Å². The summed E-state index contributed by atoms with van der Waals surface area (Å²) in [5.74, 6) is -0.585. The number of hydrogen-bond acceptors (Lipinski definition) is 5. The Balaban J connectivity index is 2.22. The van der Waals surface area contributed by atoms with Gasteiger partial charge in [-0.3, -0.25) is 24.3 Å². The summed E-state index contributed by atoms with van der Waals surface area (Å²) >= 11 is 0. The van der Waals surface area contributed by atoms with Gasteiger partial charge in [0.1, 0.15) is 6.20 Å². The average molecular weight is 292 g/mol. The highest BCUT2D eigenvalue weighted by molar-refractivity contribution is 5.96. The standard InChI is InChI=1S/C12H16N6O3/c1-7(9-5-16(3)14-8(9)2)13-12(19)11-10(18(20)21)6-17(4)15-11/h5-7H,1-4H3,(H,13,19)/t7-/m0/s1. The van der Waals surface area contributed by atoms with Crippen molar-refractivity contribution in [2.24, 2.45) is 14.1 Å². The predicted octanol–water partition coefficient (Wildman–Crippen LogP) is 0.861. The van der Waals surface area contributed by atoms with Gasteiger partial charge in [-0.25, -0.2) is 0 Å². The molecule has 0 radical (unpaired) electrons. The number of hydrogen-bond donors (Lipinski definition) is 1. The molecule has 2 rings (SSSR count). The van der Waals surface area contributed by atoms with Crippen LogP contribution in [-0.2, 0) is 14.1 Å². The highest BCUT2D eigenvalue weighted by Crippen LogP contribution is 2.19. The maximum Gasteiger partial charge on any atom is 0.320 e. The molecule has 9 nitrogen and oxygen atoms in total. The maximum absolute atomic E-state index is 12.2. The number of nitrogens with one attached hydrogen (secondary N) is 1. The molecule has 0 aliphatic carbocycles. The van der Waals surface area contributed by atoms with E-state index in [1.54, 1.807) is 24.9 Å². The minimum Gasteiger partial charge on any atom is -0.344 e. The molecule has 0 bridgehead atoms. The van der Waals surface area contributed by atoms with Gasteiger partial charge in [0.15, 0.2) is 0 Å². The summed E-state index contributed by atoms with van der Waals surface area (Å²) in [6.07, 6.45) is 3.00. The molecule has 2 aromatic rings. The normalized spacial score (nSPS) is 12.2. The van der Waals surface area contributed by atoms with Gasteiger partial charge >= 0.3 is 5.69 Å².